The molecule has 1 fully saturated rings. The van der Waals surface area contributed by atoms with Gasteiger partial charge >= 0.3 is 0 Å². The maximum Gasteiger partial charge on any atom is 0.243 e. The fraction of sp³-hybridized carbons (Fsp3) is 0.370. The molecule has 3 aromatic rings. The SMILES string of the molecule is Cc1ccc(S(=O)(=O)N(CC(=O)N(Cc2ccccc2)Cc2ccc(C)o2)CC2CCCO2)cc1. The summed E-state index contributed by atoms with van der Waals surface area (Å²) in [5.74, 6) is 1.12. The molecule has 1 atom stereocenters. The molecule has 0 spiro atoms. The van der Waals surface area contributed by atoms with E-state index in [2.05, 4.69) is 0 Å². The Bertz CT molecular complexity index is 1220. The van der Waals surface area contributed by atoms with Gasteiger partial charge < -0.3 is 14.1 Å². The van der Waals surface area contributed by atoms with Crippen LogP contribution < -0.4 is 0 Å². The molecule has 2 aromatic carbocycles. The first kappa shape index (κ1) is 25.2. The van der Waals surface area contributed by atoms with Crippen molar-refractivity contribution in [3.8, 4) is 0 Å². The van der Waals surface area contributed by atoms with Gasteiger partial charge in [0, 0.05) is 19.7 Å². The van der Waals surface area contributed by atoms with Gasteiger partial charge in [0.15, 0.2) is 0 Å². The first-order chi connectivity index (χ1) is 16.8. The zero-order valence-corrected chi connectivity index (χ0v) is 21.0. The molecule has 0 saturated carbocycles. The summed E-state index contributed by atoms with van der Waals surface area (Å²) in [6.07, 6.45) is 1.43. The minimum absolute atomic E-state index is 0.140. The lowest BCUT2D eigenvalue weighted by molar-refractivity contribution is -0.133. The number of hydrogen-bond donors (Lipinski definition) is 0. The summed E-state index contributed by atoms with van der Waals surface area (Å²) >= 11 is 0. The van der Waals surface area contributed by atoms with Gasteiger partial charge in [-0.05, 0) is 56.5 Å². The third kappa shape index (κ3) is 6.60. The number of benzene rings is 2. The van der Waals surface area contributed by atoms with Crippen molar-refractivity contribution in [3.05, 3.63) is 89.4 Å². The number of amides is 1. The van der Waals surface area contributed by atoms with Crippen LogP contribution in [0.2, 0.25) is 0 Å². The molecule has 8 heteroatoms. The second-order valence-electron chi connectivity index (χ2n) is 8.99. The van der Waals surface area contributed by atoms with E-state index in [4.69, 9.17) is 9.15 Å². The Hall–Kier alpha value is -2.94. The number of hydrogen-bond acceptors (Lipinski definition) is 5. The van der Waals surface area contributed by atoms with E-state index in [1.165, 1.54) is 4.31 Å². The number of sulfonamides is 1. The van der Waals surface area contributed by atoms with Crippen LogP contribution in [0.5, 0.6) is 0 Å². The summed E-state index contributed by atoms with van der Waals surface area (Å²) < 4.78 is 39.9. The van der Waals surface area contributed by atoms with Gasteiger partial charge in [-0.15, -0.1) is 0 Å². The van der Waals surface area contributed by atoms with Gasteiger partial charge in [-0.25, -0.2) is 8.42 Å². The number of aryl methyl sites for hydroxylation is 2. The Morgan fingerprint density at radius 3 is 2.34 bits per heavy atom. The van der Waals surface area contributed by atoms with Crippen LogP contribution in [0, 0.1) is 13.8 Å². The highest BCUT2D eigenvalue weighted by Crippen LogP contribution is 2.22. The summed E-state index contributed by atoms with van der Waals surface area (Å²) in [7, 11) is -3.89. The van der Waals surface area contributed by atoms with Crippen molar-refractivity contribution in [1.82, 2.24) is 9.21 Å². The van der Waals surface area contributed by atoms with Crippen LogP contribution in [0.25, 0.3) is 0 Å². The van der Waals surface area contributed by atoms with E-state index in [9.17, 15) is 13.2 Å². The second kappa shape index (κ2) is 11.2. The third-order valence-electron chi connectivity index (χ3n) is 6.11. The zero-order valence-electron chi connectivity index (χ0n) is 20.2. The van der Waals surface area contributed by atoms with Gasteiger partial charge in [-0.2, -0.15) is 4.31 Å². The van der Waals surface area contributed by atoms with E-state index in [1.54, 1.807) is 29.2 Å². The van der Waals surface area contributed by atoms with Crippen LogP contribution >= 0.6 is 0 Å². The molecule has 0 N–H and O–H groups in total. The number of carbonyl (C=O) groups is 1. The molecular formula is C27H32N2O5S. The zero-order chi connectivity index (χ0) is 24.8. The van der Waals surface area contributed by atoms with E-state index in [1.807, 2.05) is 56.3 Å². The monoisotopic (exact) mass is 496 g/mol. The number of nitrogens with zero attached hydrogens (tertiary/aromatic N) is 2. The topological polar surface area (TPSA) is 80.1 Å². The molecule has 0 bridgehead atoms. The quantitative estimate of drug-likeness (QED) is 0.418. The van der Waals surface area contributed by atoms with Gasteiger partial charge in [-0.1, -0.05) is 48.0 Å². The predicted molar refractivity (Wildman–Crippen MR) is 133 cm³/mol. The van der Waals surface area contributed by atoms with Crippen LogP contribution in [0.4, 0.5) is 0 Å². The van der Waals surface area contributed by atoms with Crippen LogP contribution in [0.1, 0.15) is 35.5 Å². The normalized spacial score (nSPS) is 16.0. The van der Waals surface area contributed by atoms with Gasteiger partial charge in [-0.3, -0.25) is 4.79 Å². The summed E-state index contributed by atoms with van der Waals surface area (Å²) in [6, 6.07) is 20.0. The average molecular weight is 497 g/mol. The Morgan fingerprint density at radius 1 is 0.971 bits per heavy atom. The van der Waals surface area contributed by atoms with Crippen molar-refractivity contribution in [1.29, 1.82) is 0 Å². The maximum absolute atomic E-state index is 13.6. The minimum atomic E-state index is -3.89. The van der Waals surface area contributed by atoms with E-state index >= 15 is 0 Å². The molecule has 2 heterocycles. The fourth-order valence-corrected chi connectivity index (χ4v) is 5.59. The van der Waals surface area contributed by atoms with Gasteiger partial charge in [0.2, 0.25) is 15.9 Å². The highest BCUT2D eigenvalue weighted by atomic mass is 32.2. The van der Waals surface area contributed by atoms with Crippen molar-refractivity contribution in [2.75, 3.05) is 19.7 Å². The number of carbonyl (C=O) groups excluding carboxylic acids is 1. The number of rotatable bonds is 10. The molecule has 186 valence electrons. The van der Waals surface area contributed by atoms with Crippen molar-refractivity contribution in [2.24, 2.45) is 0 Å². The minimum Gasteiger partial charge on any atom is -0.464 e. The lowest BCUT2D eigenvalue weighted by atomic mass is 10.2. The molecule has 1 aromatic heterocycles. The van der Waals surface area contributed by atoms with Crippen LogP contribution in [0.3, 0.4) is 0 Å². The van der Waals surface area contributed by atoms with Crippen molar-refractivity contribution < 1.29 is 22.4 Å². The smallest absolute Gasteiger partial charge is 0.243 e. The molecule has 1 aliphatic rings. The Kier molecular flexibility index (Phi) is 8.05. The van der Waals surface area contributed by atoms with E-state index in [0.29, 0.717) is 18.9 Å². The summed E-state index contributed by atoms with van der Waals surface area (Å²) in [4.78, 5) is 15.4. The summed E-state index contributed by atoms with van der Waals surface area (Å²) in [5, 5.41) is 0. The summed E-state index contributed by atoms with van der Waals surface area (Å²) in [5.41, 5.74) is 1.92. The Labute approximate surface area is 207 Å². The van der Waals surface area contributed by atoms with Crippen LogP contribution in [-0.2, 0) is 32.6 Å². The highest BCUT2D eigenvalue weighted by molar-refractivity contribution is 7.89. The second-order valence-corrected chi connectivity index (χ2v) is 10.9. The van der Waals surface area contributed by atoms with E-state index in [-0.39, 0.29) is 36.5 Å². The van der Waals surface area contributed by atoms with Crippen LogP contribution in [0.15, 0.2) is 76.0 Å². The molecule has 7 nitrogen and oxygen atoms in total. The van der Waals surface area contributed by atoms with Gasteiger partial charge in [0.1, 0.15) is 11.5 Å². The van der Waals surface area contributed by atoms with E-state index < -0.39 is 10.0 Å². The Balaban J connectivity index is 1.59. The van der Waals surface area contributed by atoms with Crippen molar-refractivity contribution >= 4 is 15.9 Å². The highest BCUT2D eigenvalue weighted by Gasteiger charge is 2.32. The standard InChI is InChI=1S/C27H32N2O5S/c1-21-10-14-26(15-11-21)35(31,32)29(19-24-9-6-16-33-24)20-27(30)28(17-23-7-4-3-5-8-23)18-25-13-12-22(2)34-25/h3-5,7-8,10-15,24H,6,9,16-20H2,1-2H3. The Morgan fingerprint density at radius 2 is 1.71 bits per heavy atom. The molecule has 1 unspecified atom stereocenters. The first-order valence-electron chi connectivity index (χ1n) is 11.9. The maximum atomic E-state index is 13.6. The lowest BCUT2D eigenvalue weighted by Gasteiger charge is -2.28. The van der Waals surface area contributed by atoms with E-state index in [0.717, 1.165) is 29.7 Å². The summed E-state index contributed by atoms with van der Waals surface area (Å²) in [6.45, 7) is 4.82. The largest absolute Gasteiger partial charge is 0.464 e. The third-order valence-corrected chi connectivity index (χ3v) is 7.94. The average Bonchev–Trinajstić information content (AvgIpc) is 3.50. The molecule has 1 aliphatic heterocycles. The predicted octanol–water partition coefficient (Wildman–Crippen LogP) is 4.30. The molecule has 1 saturated heterocycles. The molecule has 4 rings (SSSR count). The molecule has 0 aliphatic carbocycles. The number of furan rings is 1. The van der Waals surface area contributed by atoms with Crippen molar-refractivity contribution in [3.63, 3.8) is 0 Å². The molecule has 35 heavy (non-hydrogen) atoms. The first-order valence-corrected chi connectivity index (χ1v) is 13.3. The molecular weight excluding hydrogens is 464 g/mol. The van der Waals surface area contributed by atoms with Crippen molar-refractivity contribution in [2.45, 2.75) is 50.8 Å². The fourth-order valence-electron chi connectivity index (χ4n) is 4.17. The van der Waals surface area contributed by atoms with Crippen LogP contribution in [-0.4, -0.2) is 49.3 Å². The van der Waals surface area contributed by atoms with Gasteiger partial charge in [0.05, 0.1) is 24.1 Å². The number of ether oxygens (including phenoxy) is 1. The molecule has 0 radical (unpaired) electrons. The van der Waals surface area contributed by atoms with Gasteiger partial charge in [0.25, 0.3) is 0 Å². The lowest BCUT2D eigenvalue weighted by Crippen LogP contribution is -2.45. The molecule has 1 amide bonds.